The van der Waals surface area contributed by atoms with Crippen molar-refractivity contribution in [1.29, 1.82) is 0 Å². The van der Waals surface area contributed by atoms with Crippen molar-refractivity contribution in [1.82, 2.24) is 10.2 Å². The zero-order chi connectivity index (χ0) is 26.9. The number of nitro benzene ring substituents is 1. The highest BCUT2D eigenvalue weighted by atomic mass is 32.2. The third kappa shape index (κ3) is 7.67. The third-order valence-electron chi connectivity index (χ3n) is 5.43. The van der Waals surface area contributed by atoms with Crippen molar-refractivity contribution in [2.75, 3.05) is 30.8 Å². The fraction of sp³-hybridized carbons (Fsp3) is 0.417. The van der Waals surface area contributed by atoms with Gasteiger partial charge in [-0.05, 0) is 36.6 Å². The fourth-order valence-electron chi connectivity index (χ4n) is 3.63. The van der Waals surface area contributed by atoms with Gasteiger partial charge in [0, 0.05) is 25.2 Å². The largest absolute Gasteiger partial charge is 0.497 e. The second kappa shape index (κ2) is 12.9. The number of sulfonamides is 1. The highest BCUT2D eigenvalue weighted by Gasteiger charge is 2.32. The van der Waals surface area contributed by atoms with Crippen molar-refractivity contribution < 1.29 is 27.7 Å². The Morgan fingerprint density at radius 1 is 1.14 bits per heavy atom. The van der Waals surface area contributed by atoms with E-state index in [1.54, 1.807) is 31.2 Å². The lowest BCUT2D eigenvalue weighted by Gasteiger charge is -2.32. The Balaban J connectivity index is 2.47. The monoisotopic (exact) mass is 520 g/mol. The van der Waals surface area contributed by atoms with Crippen molar-refractivity contribution in [3.8, 4) is 5.75 Å². The summed E-state index contributed by atoms with van der Waals surface area (Å²) < 4.78 is 31.3. The Bertz CT molecular complexity index is 1190. The Labute approximate surface area is 211 Å². The summed E-state index contributed by atoms with van der Waals surface area (Å²) in [6, 6.07) is 11.2. The van der Waals surface area contributed by atoms with Crippen LogP contribution in [0.2, 0.25) is 0 Å². The van der Waals surface area contributed by atoms with Crippen molar-refractivity contribution in [2.24, 2.45) is 0 Å². The minimum Gasteiger partial charge on any atom is -0.497 e. The maximum Gasteiger partial charge on any atom is 0.271 e. The minimum absolute atomic E-state index is 0.0233. The lowest BCUT2D eigenvalue weighted by molar-refractivity contribution is -0.384. The third-order valence-corrected chi connectivity index (χ3v) is 6.57. The second-order valence-corrected chi connectivity index (χ2v) is 10.0. The molecule has 0 aliphatic heterocycles. The van der Waals surface area contributed by atoms with Gasteiger partial charge in [0.15, 0.2) is 0 Å². The molecule has 36 heavy (non-hydrogen) atoms. The van der Waals surface area contributed by atoms with Crippen LogP contribution in [0.4, 0.5) is 11.4 Å². The Kier molecular flexibility index (Phi) is 10.2. The number of amides is 2. The van der Waals surface area contributed by atoms with Crippen LogP contribution in [0.1, 0.15) is 32.3 Å². The lowest BCUT2D eigenvalue weighted by Crippen LogP contribution is -2.52. The van der Waals surface area contributed by atoms with E-state index >= 15 is 0 Å². The number of nitrogens with one attached hydrogen (secondary N) is 1. The SMILES string of the molecule is CCCNC(=O)C(CC)N(Cc1cccc(OC)c1)C(=O)CN(c1cccc([N+](=O)[O-])c1)S(C)(=O)=O. The van der Waals surface area contributed by atoms with Gasteiger partial charge in [0.25, 0.3) is 5.69 Å². The molecule has 196 valence electrons. The normalized spacial score (nSPS) is 11.9. The first-order valence-electron chi connectivity index (χ1n) is 11.4. The summed E-state index contributed by atoms with van der Waals surface area (Å²) in [6.07, 6.45) is 1.92. The van der Waals surface area contributed by atoms with Crippen LogP contribution < -0.4 is 14.4 Å². The number of nitrogens with zero attached hydrogens (tertiary/aromatic N) is 3. The molecule has 0 aliphatic rings. The number of non-ortho nitro benzene ring substituents is 1. The van der Waals surface area contributed by atoms with Gasteiger partial charge in [-0.15, -0.1) is 0 Å². The number of nitro groups is 1. The predicted molar refractivity (Wildman–Crippen MR) is 136 cm³/mol. The molecule has 1 N–H and O–H groups in total. The number of methoxy groups -OCH3 is 1. The summed E-state index contributed by atoms with van der Waals surface area (Å²) in [5.74, 6) is -0.414. The van der Waals surface area contributed by atoms with E-state index in [-0.39, 0.29) is 23.8 Å². The van der Waals surface area contributed by atoms with Crippen LogP contribution in [-0.4, -0.2) is 62.6 Å². The molecule has 0 heterocycles. The number of carbonyl (C=O) groups excluding carboxylic acids is 2. The molecule has 1 atom stereocenters. The Hall–Kier alpha value is -3.67. The maximum absolute atomic E-state index is 13.6. The molecule has 1 unspecified atom stereocenters. The molecule has 0 radical (unpaired) electrons. The molecule has 11 nitrogen and oxygen atoms in total. The van der Waals surface area contributed by atoms with Crippen molar-refractivity contribution in [2.45, 2.75) is 39.3 Å². The number of rotatable bonds is 13. The topological polar surface area (TPSA) is 139 Å². The first-order valence-corrected chi connectivity index (χ1v) is 13.3. The minimum atomic E-state index is -4.00. The Morgan fingerprint density at radius 2 is 1.83 bits per heavy atom. The van der Waals surface area contributed by atoms with E-state index in [4.69, 9.17) is 4.74 Å². The number of ether oxygens (including phenoxy) is 1. The summed E-state index contributed by atoms with van der Waals surface area (Å²) in [5, 5.41) is 14.0. The molecule has 2 amide bonds. The van der Waals surface area contributed by atoms with Crippen LogP contribution in [0, 0.1) is 10.1 Å². The first kappa shape index (κ1) is 28.6. The van der Waals surface area contributed by atoms with Crippen LogP contribution in [0.25, 0.3) is 0 Å². The molecule has 2 aromatic carbocycles. The molecule has 0 aliphatic carbocycles. The number of hydrogen-bond acceptors (Lipinski definition) is 7. The van der Waals surface area contributed by atoms with Gasteiger partial charge in [-0.1, -0.05) is 32.0 Å². The van der Waals surface area contributed by atoms with E-state index in [1.807, 2.05) is 6.92 Å². The first-order chi connectivity index (χ1) is 17.0. The van der Waals surface area contributed by atoms with Gasteiger partial charge >= 0.3 is 0 Å². The summed E-state index contributed by atoms with van der Waals surface area (Å²) in [5.41, 5.74) is 0.350. The summed E-state index contributed by atoms with van der Waals surface area (Å²) in [4.78, 5) is 38.4. The van der Waals surface area contributed by atoms with Gasteiger partial charge in [-0.2, -0.15) is 0 Å². The van der Waals surface area contributed by atoms with E-state index in [9.17, 15) is 28.1 Å². The predicted octanol–water partition coefficient (Wildman–Crippen LogP) is 2.70. The summed E-state index contributed by atoms with van der Waals surface area (Å²) in [6.45, 7) is 3.49. The van der Waals surface area contributed by atoms with Crippen LogP contribution in [0.3, 0.4) is 0 Å². The molecule has 0 aromatic heterocycles. The van der Waals surface area contributed by atoms with Gasteiger partial charge < -0.3 is 15.0 Å². The average molecular weight is 521 g/mol. The highest BCUT2D eigenvalue weighted by molar-refractivity contribution is 7.92. The lowest BCUT2D eigenvalue weighted by atomic mass is 10.1. The van der Waals surface area contributed by atoms with E-state index in [0.717, 1.165) is 16.6 Å². The van der Waals surface area contributed by atoms with Gasteiger partial charge in [0.2, 0.25) is 21.8 Å². The highest BCUT2D eigenvalue weighted by Crippen LogP contribution is 2.24. The maximum atomic E-state index is 13.6. The van der Waals surface area contributed by atoms with Crippen LogP contribution in [0.15, 0.2) is 48.5 Å². The zero-order valence-corrected chi connectivity index (χ0v) is 21.7. The van der Waals surface area contributed by atoms with Gasteiger partial charge in [0.1, 0.15) is 18.3 Å². The molecule has 0 spiro atoms. The van der Waals surface area contributed by atoms with Crippen LogP contribution >= 0.6 is 0 Å². The molecule has 12 heteroatoms. The van der Waals surface area contributed by atoms with Crippen LogP contribution in [0.5, 0.6) is 5.75 Å². The standard InChI is InChI=1S/C24H32N4O7S/c1-5-13-25-24(30)22(6-2)26(16-18-9-7-12-21(14-18)35-3)23(29)17-27(36(4,33)34)19-10-8-11-20(15-19)28(31)32/h7-12,14-15,22H,5-6,13,16-17H2,1-4H3,(H,25,30). The number of anilines is 1. The zero-order valence-electron chi connectivity index (χ0n) is 20.8. The smallest absolute Gasteiger partial charge is 0.271 e. The van der Waals surface area contributed by atoms with Crippen LogP contribution in [-0.2, 0) is 26.2 Å². The number of benzene rings is 2. The van der Waals surface area contributed by atoms with Crippen molar-refractivity contribution in [3.05, 3.63) is 64.2 Å². The van der Waals surface area contributed by atoms with Gasteiger partial charge in [0.05, 0.1) is 24.0 Å². The fourth-order valence-corrected chi connectivity index (χ4v) is 4.47. The van der Waals surface area contributed by atoms with Crippen molar-refractivity contribution >= 4 is 33.2 Å². The molecular weight excluding hydrogens is 488 g/mol. The van der Waals surface area contributed by atoms with E-state index in [2.05, 4.69) is 5.32 Å². The molecule has 0 fully saturated rings. The van der Waals surface area contributed by atoms with E-state index in [0.29, 0.717) is 30.7 Å². The van der Waals surface area contributed by atoms with Gasteiger partial charge in [-0.25, -0.2) is 8.42 Å². The Morgan fingerprint density at radius 3 is 2.42 bits per heavy atom. The average Bonchev–Trinajstić information content (AvgIpc) is 2.85. The molecule has 0 saturated carbocycles. The van der Waals surface area contributed by atoms with Crippen molar-refractivity contribution in [3.63, 3.8) is 0 Å². The molecular formula is C24H32N4O7S. The molecule has 0 saturated heterocycles. The summed E-state index contributed by atoms with van der Waals surface area (Å²) in [7, 11) is -2.48. The van der Waals surface area contributed by atoms with E-state index < -0.39 is 33.4 Å². The van der Waals surface area contributed by atoms with E-state index in [1.165, 1.54) is 30.2 Å². The number of hydrogen-bond donors (Lipinski definition) is 1. The summed E-state index contributed by atoms with van der Waals surface area (Å²) >= 11 is 0. The second-order valence-electron chi connectivity index (χ2n) is 8.13. The molecule has 0 bridgehead atoms. The molecule has 2 aromatic rings. The quantitative estimate of drug-likeness (QED) is 0.316. The van der Waals surface area contributed by atoms with Gasteiger partial charge in [-0.3, -0.25) is 24.0 Å². The number of carbonyl (C=O) groups is 2. The molecule has 2 rings (SSSR count).